The second kappa shape index (κ2) is 9.24. The molecular weight excluding hydrogens is 398 g/mol. The minimum atomic E-state index is -0.451. The number of para-hydroxylation sites is 1. The van der Waals surface area contributed by atoms with Gasteiger partial charge in [-0.3, -0.25) is 0 Å². The van der Waals surface area contributed by atoms with Crippen molar-refractivity contribution < 1.29 is 18.7 Å². The van der Waals surface area contributed by atoms with Gasteiger partial charge in [-0.25, -0.2) is 9.78 Å². The number of benzene rings is 2. The Morgan fingerprint density at radius 3 is 2.63 bits per heavy atom. The molecule has 0 unspecified atom stereocenters. The van der Waals surface area contributed by atoms with Crippen LogP contribution in [0.5, 0.6) is 5.75 Å². The summed E-state index contributed by atoms with van der Waals surface area (Å²) in [6.07, 6.45) is 3.28. The highest BCUT2D eigenvalue weighted by molar-refractivity contribution is 7.13. The predicted molar refractivity (Wildman–Crippen MR) is 117 cm³/mol. The normalized spacial score (nSPS) is 11.3. The van der Waals surface area contributed by atoms with Gasteiger partial charge in [0.1, 0.15) is 24.3 Å². The van der Waals surface area contributed by atoms with Crippen LogP contribution in [-0.2, 0) is 16.1 Å². The fourth-order valence-corrected chi connectivity index (χ4v) is 3.58. The summed E-state index contributed by atoms with van der Waals surface area (Å²) < 4.78 is 16.5. The van der Waals surface area contributed by atoms with E-state index in [2.05, 4.69) is 4.98 Å². The van der Waals surface area contributed by atoms with E-state index in [1.54, 1.807) is 13.2 Å². The summed E-state index contributed by atoms with van der Waals surface area (Å²) in [7, 11) is 1.60. The van der Waals surface area contributed by atoms with E-state index >= 15 is 0 Å². The van der Waals surface area contributed by atoms with Crippen LogP contribution in [0.15, 0.2) is 82.8 Å². The van der Waals surface area contributed by atoms with Gasteiger partial charge in [0.2, 0.25) is 5.89 Å². The Hall–Kier alpha value is -3.64. The molecule has 4 aromatic rings. The molecule has 0 radical (unpaired) electrons. The molecule has 30 heavy (non-hydrogen) atoms. The standard InChI is InChI=1S/C24H19NO4S/c1-27-21-11-6-5-10-18(21)14-20(17-8-3-2-4-9-17)24(26)29-16-19-15-28-23(25-19)22-12-7-13-30-22/h2-15H,16H2,1H3/b20-14+. The number of aromatic nitrogens is 1. The zero-order valence-corrected chi connectivity index (χ0v) is 17.1. The number of carbonyl (C=O) groups is 1. The summed E-state index contributed by atoms with van der Waals surface area (Å²) in [5.74, 6) is 0.743. The zero-order chi connectivity index (χ0) is 20.8. The topological polar surface area (TPSA) is 61.6 Å². The smallest absolute Gasteiger partial charge is 0.339 e. The molecule has 6 heteroatoms. The van der Waals surface area contributed by atoms with Crippen LogP contribution in [0.3, 0.4) is 0 Å². The van der Waals surface area contributed by atoms with Crippen LogP contribution in [0.2, 0.25) is 0 Å². The van der Waals surface area contributed by atoms with Gasteiger partial charge >= 0.3 is 5.97 Å². The Kier molecular flexibility index (Phi) is 6.06. The first-order chi connectivity index (χ1) is 14.7. The number of oxazole rings is 1. The maximum absolute atomic E-state index is 13.0. The Morgan fingerprint density at radius 2 is 1.87 bits per heavy atom. The number of thiophene rings is 1. The summed E-state index contributed by atoms with van der Waals surface area (Å²) in [6.45, 7) is 0.0177. The van der Waals surface area contributed by atoms with Crippen molar-refractivity contribution in [3.63, 3.8) is 0 Å². The Labute approximate surface area is 178 Å². The summed E-state index contributed by atoms with van der Waals surface area (Å²) in [6, 6.07) is 20.8. The van der Waals surface area contributed by atoms with Gasteiger partial charge in [-0.05, 0) is 29.2 Å². The summed E-state index contributed by atoms with van der Waals surface area (Å²) in [5.41, 5.74) is 2.53. The minimum absolute atomic E-state index is 0.0177. The van der Waals surface area contributed by atoms with E-state index in [1.165, 1.54) is 17.6 Å². The molecule has 5 nitrogen and oxygen atoms in total. The number of hydrogen-bond acceptors (Lipinski definition) is 6. The maximum atomic E-state index is 13.0. The van der Waals surface area contributed by atoms with Gasteiger partial charge in [0.15, 0.2) is 0 Å². The Morgan fingerprint density at radius 1 is 1.07 bits per heavy atom. The van der Waals surface area contributed by atoms with E-state index in [0.717, 1.165) is 16.0 Å². The number of esters is 1. The lowest BCUT2D eigenvalue weighted by Gasteiger charge is -2.10. The molecule has 0 N–H and O–H groups in total. The number of nitrogens with zero attached hydrogens (tertiary/aromatic N) is 1. The molecule has 0 bridgehead atoms. The van der Waals surface area contributed by atoms with Crippen molar-refractivity contribution in [1.82, 2.24) is 4.98 Å². The monoisotopic (exact) mass is 417 g/mol. The average Bonchev–Trinajstić information content (AvgIpc) is 3.48. The first kappa shape index (κ1) is 19.7. The van der Waals surface area contributed by atoms with Crippen LogP contribution in [0, 0.1) is 0 Å². The van der Waals surface area contributed by atoms with Gasteiger partial charge in [-0.15, -0.1) is 11.3 Å². The van der Waals surface area contributed by atoms with Crippen LogP contribution in [-0.4, -0.2) is 18.1 Å². The molecule has 150 valence electrons. The highest BCUT2D eigenvalue weighted by Gasteiger charge is 2.16. The Balaban J connectivity index is 1.57. The largest absolute Gasteiger partial charge is 0.496 e. The lowest BCUT2D eigenvalue weighted by atomic mass is 10.0. The van der Waals surface area contributed by atoms with E-state index in [4.69, 9.17) is 13.9 Å². The second-order valence-electron chi connectivity index (χ2n) is 6.36. The fourth-order valence-electron chi connectivity index (χ4n) is 2.92. The number of methoxy groups -OCH3 is 1. The van der Waals surface area contributed by atoms with Crippen LogP contribution in [0.4, 0.5) is 0 Å². The first-order valence-corrected chi connectivity index (χ1v) is 10.2. The van der Waals surface area contributed by atoms with E-state index in [-0.39, 0.29) is 6.61 Å². The van der Waals surface area contributed by atoms with Crippen LogP contribution < -0.4 is 4.74 Å². The number of rotatable bonds is 7. The van der Waals surface area contributed by atoms with Crippen molar-refractivity contribution in [2.24, 2.45) is 0 Å². The van der Waals surface area contributed by atoms with Crippen LogP contribution in [0.1, 0.15) is 16.8 Å². The highest BCUT2D eigenvalue weighted by atomic mass is 32.1. The molecule has 0 atom stereocenters. The van der Waals surface area contributed by atoms with Crippen molar-refractivity contribution in [2.45, 2.75) is 6.61 Å². The molecule has 0 spiro atoms. The van der Waals surface area contributed by atoms with Gasteiger partial charge in [0.05, 0.1) is 17.6 Å². The number of ether oxygens (including phenoxy) is 2. The van der Waals surface area contributed by atoms with Crippen LogP contribution in [0.25, 0.3) is 22.4 Å². The van der Waals surface area contributed by atoms with Crippen molar-refractivity contribution in [3.8, 4) is 16.5 Å². The highest BCUT2D eigenvalue weighted by Crippen LogP contribution is 2.27. The maximum Gasteiger partial charge on any atom is 0.339 e. The molecule has 0 fully saturated rings. The van der Waals surface area contributed by atoms with Crippen LogP contribution >= 0.6 is 11.3 Å². The SMILES string of the molecule is COc1ccccc1/C=C(/C(=O)OCc1coc(-c2cccs2)n1)c1ccccc1. The molecule has 0 amide bonds. The van der Waals surface area contributed by atoms with E-state index < -0.39 is 5.97 Å². The average molecular weight is 417 g/mol. The van der Waals surface area contributed by atoms with E-state index in [1.807, 2.05) is 72.1 Å². The lowest BCUT2D eigenvalue weighted by Crippen LogP contribution is -2.08. The van der Waals surface area contributed by atoms with Gasteiger partial charge < -0.3 is 13.9 Å². The molecule has 0 aliphatic rings. The third kappa shape index (κ3) is 4.50. The molecule has 2 heterocycles. The number of carbonyl (C=O) groups excluding carboxylic acids is 1. The predicted octanol–water partition coefficient (Wildman–Crippen LogP) is 5.70. The quantitative estimate of drug-likeness (QED) is 0.219. The molecule has 2 aromatic heterocycles. The summed E-state index contributed by atoms with van der Waals surface area (Å²) in [5, 5.41) is 1.95. The van der Waals surface area contributed by atoms with E-state index in [9.17, 15) is 4.79 Å². The van der Waals surface area contributed by atoms with Gasteiger partial charge in [-0.1, -0.05) is 54.6 Å². The molecule has 0 aliphatic carbocycles. The third-order valence-electron chi connectivity index (χ3n) is 4.38. The minimum Gasteiger partial charge on any atom is -0.496 e. The third-order valence-corrected chi connectivity index (χ3v) is 5.24. The lowest BCUT2D eigenvalue weighted by molar-refractivity contribution is -0.137. The summed E-state index contributed by atoms with van der Waals surface area (Å²) in [4.78, 5) is 18.3. The number of hydrogen-bond donors (Lipinski definition) is 0. The molecule has 0 saturated heterocycles. The van der Waals surface area contributed by atoms with Crippen molar-refractivity contribution in [1.29, 1.82) is 0 Å². The van der Waals surface area contributed by atoms with Gasteiger partial charge in [0, 0.05) is 5.56 Å². The van der Waals surface area contributed by atoms with Crippen molar-refractivity contribution >= 4 is 29.0 Å². The fraction of sp³-hybridized carbons (Fsp3) is 0.0833. The second-order valence-corrected chi connectivity index (χ2v) is 7.31. The van der Waals surface area contributed by atoms with Gasteiger partial charge in [-0.2, -0.15) is 0 Å². The Bertz CT molecular complexity index is 1150. The van der Waals surface area contributed by atoms with Crippen molar-refractivity contribution in [2.75, 3.05) is 7.11 Å². The molecule has 0 saturated carbocycles. The van der Waals surface area contributed by atoms with Gasteiger partial charge in [0.25, 0.3) is 0 Å². The summed E-state index contributed by atoms with van der Waals surface area (Å²) >= 11 is 1.54. The molecule has 4 rings (SSSR count). The zero-order valence-electron chi connectivity index (χ0n) is 16.3. The molecular formula is C24H19NO4S. The molecule has 0 aliphatic heterocycles. The first-order valence-electron chi connectivity index (χ1n) is 9.30. The molecule has 2 aromatic carbocycles. The van der Waals surface area contributed by atoms with Crippen molar-refractivity contribution in [3.05, 3.63) is 95.2 Å². The van der Waals surface area contributed by atoms with E-state index in [0.29, 0.717) is 22.9 Å².